The number of fused-ring (bicyclic) bond motifs is 1. The molecule has 1 amide bonds. The molecule has 0 bridgehead atoms. The van der Waals surface area contributed by atoms with Gasteiger partial charge in [0.15, 0.2) is 0 Å². The molecule has 2 unspecified atom stereocenters. The molecule has 1 aromatic rings. The van der Waals surface area contributed by atoms with Crippen molar-refractivity contribution in [1.82, 2.24) is 5.32 Å². The molecule has 2 atom stereocenters. The summed E-state index contributed by atoms with van der Waals surface area (Å²) in [6.45, 7) is 2.35. The molecule has 0 aromatic heterocycles. The quantitative estimate of drug-likeness (QED) is 0.872. The third-order valence-electron chi connectivity index (χ3n) is 4.59. The third kappa shape index (κ3) is 2.52. The van der Waals surface area contributed by atoms with E-state index in [0.717, 1.165) is 18.0 Å². The Balaban J connectivity index is 1.85. The number of rotatable bonds is 4. The van der Waals surface area contributed by atoms with E-state index >= 15 is 0 Å². The van der Waals surface area contributed by atoms with Crippen LogP contribution in [0, 0.1) is 11.8 Å². The minimum atomic E-state index is 0.136. The molecule has 0 radical (unpaired) electrons. The molecule has 1 heterocycles. The lowest BCUT2D eigenvalue weighted by atomic mass is 9.88. The minimum Gasteiger partial charge on any atom is -0.326 e. The monoisotopic (exact) mass is 258 g/mol. The Bertz CT molecular complexity index is 494. The van der Waals surface area contributed by atoms with Crippen LogP contribution in [0.25, 0.3) is 0 Å². The van der Waals surface area contributed by atoms with E-state index < -0.39 is 0 Å². The number of carbonyl (C=O) groups excluding carboxylic acids is 1. The van der Waals surface area contributed by atoms with Gasteiger partial charge >= 0.3 is 0 Å². The number of nitrogens with one attached hydrogen (secondary N) is 2. The Hall–Kier alpha value is -1.35. The average molecular weight is 258 g/mol. The predicted molar refractivity (Wildman–Crippen MR) is 77.1 cm³/mol. The molecule has 3 heteroatoms. The highest BCUT2D eigenvalue weighted by Gasteiger charge is 2.33. The van der Waals surface area contributed by atoms with Crippen LogP contribution in [0.4, 0.5) is 5.69 Å². The van der Waals surface area contributed by atoms with Gasteiger partial charge < -0.3 is 10.6 Å². The lowest BCUT2D eigenvalue weighted by molar-refractivity contribution is -0.116. The second-order valence-corrected chi connectivity index (χ2v) is 5.93. The molecule has 1 aliphatic heterocycles. The van der Waals surface area contributed by atoms with Crippen molar-refractivity contribution < 1.29 is 4.79 Å². The lowest BCUT2D eigenvalue weighted by Crippen LogP contribution is -2.25. The molecule has 0 saturated heterocycles. The number of benzene rings is 1. The topological polar surface area (TPSA) is 41.1 Å². The van der Waals surface area contributed by atoms with Crippen LogP contribution in [0.3, 0.4) is 0 Å². The van der Waals surface area contributed by atoms with Crippen molar-refractivity contribution in [3.05, 3.63) is 29.3 Å². The maximum absolute atomic E-state index is 11.4. The van der Waals surface area contributed by atoms with Crippen molar-refractivity contribution in [2.45, 2.75) is 38.6 Å². The molecule has 3 nitrogen and oxygen atoms in total. The molecular weight excluding hydrogens is 236 g/mol. The summed E-state index contributed by atoms with van der Waals surface area (Å²) in [6.07, 6.45) is 4.22. The van der Waals surface area contributed by atoms with Crippen LogP contribution in [0.1, 0.15) is 43.4 Å². The van der Waals surface area contributed by atoms with Crippen LogP contribution in [0.2, 0.25) is 0 Å². The fraction of sp³-hybridized carbons (Fsp3) is 0.562. The summed E-state index contributed by atoms with van der Waals surface area (Å²) in [4.78, 5) is 11.4. The summed E-state index contributed by atoms with van der Waals surface area (Å²) < 4.78 is 0. The van der Waals surface area contributed by atoms with E-state index in [1.54, 1.807) is 0 Å². The zero-order valence-electron chi connectivity index (χ0n) is 11.7. The fourth-order valence-corrected chi connectivity index (χ4v) is 3.22. The van der Waals surface area contributed by atoms with Gasteiger partial charge in [-0.05, 0) is 55.3 Å². The Labute approximate surface area is 114 Å². The van der Waals surface area contributed by atoms with Crippen molar-refractivity contribution in [2.75, 3.05) is 12.4 Å². The van der Waals surface area contributed by atoms with Gasteiger partial charge in [0.1, 0.15) is 0 Å². The summed E-state index contributed by atoms with van der Waals surface area (Å²) in [7, 11) is 2.05. The van der Waals surface area contributed by atoms with Crippen LogP contribution in [0.5, 0.6) is 0 Å². The maximum Gasteiger partial charge on any atom is 0.224 e. The van der Waals surface area contributed by atoms with Gasteiger partial charge in [-0.3, -0.25) is 4.79 Å². The fourth-order valence-electron chi connectivity index (χ4n) is 3.22. The standard InChI is InChI=1S/C16H22N2O/c1-10(11-3-4-11)16(17-2)13-5-7-14-12(9-13)6-8-15(19)18-14/h5,7,9-11,16-17H,3-4,6,8H2,1-2H3,(H,18,19). The largest absolute Gasteiger partial charge is 0.326 e. The molecule has 1 saturated carbocycles. The first-order valence-corrected chi connectivity index (χ1v) is 7.29. The smallest absolute Gasteiger partial charge is 0.224 e. The molecule has 102 valence electrons. The summed E-state index contributed by atoms with van der Waals surface area (Å²) in [5, 5.41) is 6.42. The van der Waals surface area contributed by atoms with Gasteiger partial charge in [0, 0.05) is 18.2 Å². The summed E-state index contributed by atoms with van der Waals surface area (Å²) in [5.74, 6) is 1.70. The van der Waals surface area contributed by atoms with Gasteiger partial charge in [0.2, 0.25) is 5.91 Å². The Kier molecular flexibility index (Phi) is 3.31. The third-order valence-corrected chi connectivity index (χ3v) is 4.59. The van der Waals surface area contributed by atoms with Crippen molar-refractivity contribution in [3.63, 3.8) is 0 Å². The number of hydrogen-bond donors (Lipinski definition) is 2. The molecule has 1 aliphatic carbocycles. The van der Waals surface area contributed by atoms with E-state index in [1.165, 1.54) is 24.0 Å². The number of carbonyl (C=O) groups is 1. The second kappa shape index (κ2) is 4.97. The maximum atomic E-state index is 11.4. The minimum absolute atomic E-state index is 0.136. The van der Waals surface area contributed by atoms with Crippen LogP contribution in [0.15, 0.2) is 18.2 Å². The van der Waals surface area contributed by atoms with E-state index in [0.29, 0.717) is 18.4 Å². The van der Waals surface area contributed by atoms with E-state index in [4.69, 9.17) is 0 Å². The van der Waals surface area contributed by atoms with Gasteiger partial charge in [-0.25, -0.2) is 0 Å². The summed E-state index contributed by atoms with van der Waals surface area (Å²) in [5.41, 5.74) is 3.63. The molecule has 19 heavy (non-hydrogen) atoms. The van der Waals surface area contributed by atoms with Crippen LogP contribution in [-0.2, 0) is 11.2 Å². The molecule has 1 aromatic carbocycles. The van der Waals surface area contributed by atoms with Crippen LogP contribution in [-0.4, -0.2) is 13.0 Å². The Morgan fingerprint density at radius 2 is 2.11 bits per heavy atom. The first-order chi connectivity index (χ1) is 9.19. The lowest BCUT2D eigenvalue weighted by Gasteiger charge is -2.26. The number of aryl methyl sites for hydroxylation is 1. The molecule has 2 aliphatic rings. The van der Waals surface area contributed by atoms with E-state index in [9.17, 15) is 4.79 Å². The highest BCUT2D eigenvalue weighted by Crippen LogP contribution is 2.43. The Morgan fingerprint density at radius 3 is 2.79 bits per heavy atom. The SMILES string of the molecule is CNC(c1ccc2c(c1)CCC(=O)N2)C(C)C1CC1. The van der Waals surface area contributed by atoms with E-state index in [1.807, 2.05) is 7.05 Å². The van der Waals surface area contributed by atoms with Crippen LogP contribution >= 0.6 is 0 Å². The van der Waals surface area contributed by atoms with E-state index in [-0.39, 0.29) is 5.91 Å². The van der Waals surface area contributed by atoms with Crippen molar-refractivity contribution in [3.8, 4) is 0 Å². The Morgan fingerprint density at radius 1 is 1.32 bits per heavy atom. The zero-order chi connectivity index (χ0) is 13.4. The molecule has 1 fully saturated rings. The first-order valence-electron chi connectivity index (χ1n) is 7.29. The predicted octanol–water partition coefficient (Wildman–Crippen LogP) is 2.88. The van der Waals surface area contributed by atoms with E-state index in [2.05, 4.69) is 35.8 Å². The number of hydrogen-bond acceptors (Lipinski definition) is 2. The normalized spacial score (nSPS) is 21.5. The van der Waals surface area contributed by atoms with Crippen molar-refractivity contribution in [1.29, 1.82) is 0 Å². The molecule has 3 rings (SSSR count). The average Bonchev–Trinajstić information content (AvgIpc) is 3.24. The highest BCUT2D eigenvalue weighted by molar-refractivity contribution is 5.93. The van der Waals surface area contributed by atoms with Crippen LogP contribution < -0.4 is 10.6 Å². The number of anilines is 1. The highest BCUT2D eigenvalue weighted by atomic mass is 16.1. The second-order valence-electron chi connectivity index (χ2n) is 5.93. The zero-order valence-corrected chi connectivity index (χ0v) is 11.7. The van der Waals surface area contributed by atoms with Gasteiger partial charge in [0.05, 0.1) is 0 Å². The van der Waals surface area contributed by atoms with Crippen molar-refractivity contribution in [2.24, 2.45) is 11.8 Å². The molecule has 0 spiro atoms. The molecule has 2 N–H and O–H groups in total. The van der Waals surface area contributed by atoms with Gasteiger partial charge in [0.25, 0.3) is 0 Å². The summed E-state index contributed by atoms with van der Waals surface area (Å²) >= 11 is 0. The van der Waals surface area contributed by atoms with Gasteiger partial charge in [-0.15, -0.1) is 0 Å². The first kappa shape index (κ1) is 12.7. The van der Waals surface area contributed by atoms with Crippen molar-refractivity contribution >= 4 is 11.6 Å². The van der Waals surface area contributed by atoms with Gasteiger partial charge in [-0.2, -0.15) is 0 Å². The number of amides is 1. The van der Waals surface area contributed by atoms with Gasteiger partial charge in [-0.1, -0.05) is 19.1 Å². The summed E-state index contributed by atoms with van der Waals surface area (Å²) in [6, 6.07) is 6.92. The molecular formula is C16H22N2O.